The molecule has 2 rings (SSSR count). The molecule has 0 aliphatic rings. The summed E-state index contributed by atoms with van der Waals surface area (Å²) in [4.78, 5) is 3.53. The monoisotopic (exact) mass is 229 g/mol. The molecular weight excluding hydrogens is 206 g/mol. The molecule has 1 N–H and O–H groups in total. The molecule has 1 atom stereocenters. The molecule has 0 fully saturated rings. The van der Waals surface area contributed by atoms with Crippen molar-refractivity contribution in [1.29, 1.82) is 0 Å². The molecule has 1 unspecified atom stereocenters. The molecule has 0 spiro atoms. The predicted molar refractivity (Wildman–Crippen MR) is 75.6 cm³/mol. The quantitative estimate of drug-likeness (QED) is 0.764. The Morgan fingerprint density at radius 2 is 1.88 bits per heavy atom. The van der Waals surface area contributed by atoms with Crippen LogP contribution in [0.3, 0.4) is 0 Å². The second-order valence-corrected chi connectivity index (χ2v) is 5.33. The molecule has 0 radical (unpaired) electrons. The lowest BCUT2D eigenvalue weighted by Crippen LogP contribution is -2.21. The first-order chi connectivity index (χ1) is 8.12. The van der Waals surface area contributed by atoms with E-state index in [-0.39, 0.29) is 0 Å². The Bertz CT molecular complexity index is 509. The molecule has 0 saturated heterocycles. The van der Waals surface area contributed by atoms with Gasteiger partial charge in [-0.1, -0.05) is 45.4 Å². The highest BCUT2D eigenvalue weighted by Gasteiger charge is 2.28. The van der Waals surface area contributed by atoms with Crippen LogP contribution in [0.2, 0.25) is 0 Å². The van der Waals surface area contributed by atoms with E-state index < -0.39 is 0 Å². The number of aromatic amines is 1. The zero-order valence-corrected chi connectivity index (χ0v) is 11.4. The lowest BCUT2D eigenvalue weighted by molar-refractivity contribution is 0.415. The maximum absolute atomic E-state index is 3.53. The summed E-state index contributed by atoms with van der Waals surface area (Å²) in [5.74, 6) is 0. The average molecular weight is 229 g/mol. The minimum absolute atomic E-state index is 0.304. The van der Waals surface area contributed by atoms with Crippen LogP contribution in [0.25, 0.3) is 10.9 Å². The smallest absolute Gasteiger partial charge is 0.0459 e. The number of aromatic nitrogens is 1. The van der Waals surface area contributed by atoms with Crippen LogP contribution in [0, 0.1) is 6.92 Å². The Labute approximate surface area is 104 Å². The fraction of sp³-hybridized carbons (Fsp3) is 0.500. The lowest BCUT2D eigenvalue weighted by Gasteiger charge is -2.29. The number of rotatable bonds is 4. The molecule has 1 heterocycles. The summed E-state index contributed by atoms with van der Waals surface area (Å²) < 4.78 is 0. The zero-order valence-electron chi connectivity index (χ0n) is 11.4. The Balaban J connectivity index is 2.64. The van der Waals surface area contributed by atoms with E-state index in [4.69, 9.17) is 0 Å². The van der Waals surface area contributed by atoms with Gasteiger partial charge < -0.3 is 4.98 Å². The van der Waals surface area contributed by atoms with Crippen molar-refractivity contribution in [1.82, 2.24) is 4.98 Å². The van der Waals surface area contributed by atoms with Gasteiger partial charge >= 0.3 is 0 Å². The normalized spacial score (nSPS) is 15.1. The second-order valence-electron chi connectivity index (χ2n) is 5.33. The van der Waals surface area contributed by atoms with Crippen molar-refractivity contribution in [3.63, 3.8) is 0 Å². The van der Waals surface area contributed by atoms with Gasteiger partial charge in [-0.2, -0.15) is 0 Å². The number of H-pyrrole nitrogens is 1. The summed E-state index contributed by atoms with van der Waals surface area (Å²) >= 11 is 0. The van der Waals surface area contributed by atoms with E-state index in [0.29, 0.717) is 5.41 Å². The van der Waals surface area contributed by atoms with Gasteiger partial charge in [0.1, 0.15) is 0 Å². The fourth-order valence-electron chi connectivity index (χ4n) is 3.08. The van der Waals surface area contributed by atoms with Crippen molar-refractivity contribution in [2.24, 2.45) is 0 Å². The minimum Gasteiger partial charge on any atom is -0.358 e. The molecule has 2 aromatic rings. The summed E-state index contributed by atoms with van der Waals surface area (Å²) in [5, 5.41) is 1.41. The first-order valence-electron chi connectivity index (χ1n) is 6.70. The van der Waals surface area contributed by atoms with Crippen LogP contribution in [0.15, 0.2) is 24.3 Å². The summed E-state index contributed by atoms with van der Waals surface area (Å²) in [7, 11) is 0. The molecule has 1 aromatic carbocycles. The molecule has 0 aliphatic heterocycles. The van der Waals surface area contributed by atoms with Gasteiger partial charge in [-0.3, -0.25) is 0 Å². The number of fused-ring (bicyclic) bond motifs is 1. The zero-order chi connectivity index (χ0) is 12.5. The Hall–Kier alpha value is -1.24. The summed E-state index contributed by atoms with van der Waals surface area (Å²) in [6.07, 6.45) is 3.69. The largest absolute Gasteiger partial charge is 0.358 e. The number of benzene rings is 1. The van der Waals surface area contributed by atoms with Crippen LogP contribution in [0.5, 0.6) is 0 Å². The van der Waals surface area contributed by atoms with E-state index in [9.17, 15) is 0 Å². The molecule has 92 valence electrons. The average Bonchev–Trinajstić information content (AvgIpc) is 2.65. The van der Waals surface area contributed by atoms with Crippen molar-refractivity contribution in [3.8, 4) is 0 Å². The maximum Gasteiger partial charge on any atom is 0.0459 e. The molecule has 17 heavy (non-hydrogen) atoms. The standard InChI is InChI=1S/C16H23N/c1-5-11-16(4,6-2)15-12(3)17-14-10-8-7-9-13(14)15/h7-10,17H,5-6,11H2,1-4H3. The highest BCUT2D eigenvalue weighted by atomic mass is 14.7. The SMILES string of the molecule is CCCC(C)(CC)c1c(C)[nH]c2ccccc12. The van der Waals surface area contributed by atoms with Crippen LogP contribution in [0.4, 0.5) is 0 Å². The van der Waals surface area contributed by atoms with Gasteiger partial charge in [0.15, 0.2) is 0 Å². The van der Waals surface area contributed by atoms with Crippen molar-refractivity contribution in [2.75, 3.05) is 0 Å². The van der Waals surface area contributed by atoms with Crippen molar-refractivity contribution in [3.05, 3.63) is 35.5 Å². The molecule has 0 saturated carbocycles. The highest BCUT2D eigenvalue weighted by molar-refractivity contribution is 5.85. The molecule has 0 bridgehead atoms. The number of hydrogen-bond acceptors (Lipinski definition) is 0. The van der Waals surface area contributed by atoms with Gasteiger partial charge in [-0.05, 0) is 36.8 Å². The highest BCUT2D eigenvalue weighted by Crippen LogP contribution is 2.39. The number of para-hydroxylation sites is 1. The van der Waals surface area contributed by atoms with Crippen molar-refractivity contribution < 1.29 is 0 Å². The Morgan fingerprint density at radius 1 is 1.18 bits per heavy atom. The molecule has 1 aromatic heterocycles. The molecular formula is C16H23N. The van der Waals surface area contributed by atoms with Crippen LogP contribution >= 0.6 is 0 Å². The van der Waals surface area contributed by atoms with E-state index in [0.717, 1.165) is 0 Å². The summed E-state index contributed by atoms with van der Waals surface area (Å²) in [5.41, 5.74) is 4.44. The molecule has 1 nitrogen and oxygen atoms in total. The Kier molecular flexibility index (Phi) is 3.28. The van der Waals surface area contributed by atoms with Gasteiger partial charge in [0, 0.05) is 16.6 Å². The number of aryl methyl sites for hydroxylation is 1. The second kappa shape index (κ2) is 4.56. The van der Waals surface area contributed by atoms with Crippen LogP contribution < -0.4 is 0 Å². The van der Waals surface area contributed by atoms with E-state index >= 15 is 0 Å². The molecule has 0 amide bonds. The van der Waals surface area contributed by atoms with Gasteiger partial charge in [0.25, 0.3) is 0 Å². The van der Waals surface area contributed by atoms with Gasteiger partial charge in [-0.25, -0.2) is 0 Å². The van der Waals surface area contributed by atoms with Crippen LogP contribution in [-0.2, 0) is 5.41 Å². The van der Waals surface area contributed by atoms with Gasteiger partial charge in [0.05, 0.1) is 0 Å². The van der Waals surface area contributed by atoms with Crippen LogP contribution in [-0.4, -0.2) is 4.98 Å². The lowest BCUT2D eigenvalue weighted by atomic mass is 9.75. The van der Waals surface area contributed by atoms with Crippen molar-refractivity contribution in [2.45, 2.75) is 52.4 Å². The van der Waals surface area contributed by atoms with Gasteiger partial charge in [0.2, 0.25) is 0 Å². The predicted octanol–water partition coefficient (Wildman–Crippen LogP) is 4.94. The van der Waals surface area contributed by atoms with E-state index in [2.05, 4.69) is 56.9 Å². The molecule has 1 heteroatoms. The van der Waals surface area contributed by atoms with E-state index in [1.165, 1.54) is 41.4 Å². The van der Waals surface area contributed by atoms with Crippen LogP contribution in [0.1, 0.15) is 51.3 Å². The summed E-state index contributed by atoms with van der Waals surface area (Å²) in [6.45, 7) is 9.19. The third kappa shape index (κ3) is 1.99. The minimum atomic E-state index is 0.304. The maximum atomic E-state index is 3.53. The third-order valence-electron chi connectivity index (χ3n) is 4.08. The molecule has 0 aliphatic carbocycles. The first kappa shape index (κ1) is 12.2. The third-order valence-corrected chi connectivity index (χ3v) is 4.08. The topological polar surface area (TPSA) is 15.8 Å². The van der Waals surface area contributed by atoms with E-state index in [1.54, 1.807) is 0 Å². The fourth-order valence-corrected chi connectivity index (χ4v) is 3.08. The Morgan fingerprint density at radius 3 is 2.53 bits per heavy atom. The number of hydrogen-bond donors (Lipinski definition) is 1. The summed E-state index contributed by atoms with van der Waals surface area (Å²) in [6, 6.07) is 8.66. The first-order valence-corrected chi connectivity index (χ1v) is 6.70. The van der Waals surface area contributed by atoms with Gasteiger partial charge in [-0.15, -0.1) is 0 Å². The van der Waals surface area contributed by atoms with E-state index in [1.807, 2.05) is 0 Å². The number of nitrogens with one attached hydrogen (secondary N) is 1. The van der Waals surface area contributed by atoms with Crippen molar-refractivity contribution >= 4 is 10.9 Å².